The first-order valence-corrected chi connectivity index (χ1v) is 13.6. The van der Waals surface area contributed by atoms with E-state index >= 15 is 0 Å². The fraction of sp³-hybridized carbons (Fsp3) is 0.552. The highest BCUT2D eigenvalue weighted by Crippen LogP contribution is 2.65. The Kier molecular flexibility index (Phi) is 8.07. The van der Waals surface area contributed by atoms with Crippen LogP contribution in [0.3, 0.4) is 0 Å². The fourth-order valence-electron chi connectivity index (χ4n) is 6.80. The lowest BCUT2D eigenvalue weighted by molar-refractivity contribution is -0.150. The molecular formula is C29H38ClN3O5. The zero-order chi connectivity index (χ0) is 27.8. The van der Waals surface area contributed by atoms with Crippen molar-refractivity contribution >= 4 is 35.0 Å². The number of rotatable bonds is 11. The van der Waals surface area contributed by atoms with E-state index in [1.807, 2.05) is 13.8 Å². The molecule has 0 radical (unpaired) electrons. The van der Waals surface area contributed by atoms with Crippen molar-refractivity contribution in [3.63, 3.8) is 0 Å². The largest absolute Gasteiger partial charge is 0.396 e. The first kappa shape index (κ1) is 28.3. The van der Waals surface area contributed by atoms with Gasteiger partial charge in [0.1, 0.15) is 11.6 Å². The van der Waals surface area contributed by atoms with Gasteiger partial charge in [0.2, 0.25) is 11.8 Å². The number of aliphatic hydroxyl groups excluding tert-OH is 1. The molecular weight excluding hydrogens is 506 g/mol. The topological polar surface area (TPSA) is 90.4 Å². The van der Waals surface area contributed by atoms with Gasteiger partial charge in [0.05, 0.1) is 28.1 Å². The van der Waals surface area contributed by atoms with Crippen LogP contribution in [0.15, 0.2) is 49.6 Å². The van der Waals surface area contributed by atoms with Gasteiger partial charge in [-0.1, -0.05) is 42.8 Å². The second kappa shape index (κ2) is 10.8. The van der Waals surface area contributed by atoms with Crippen molar-refractivity contribution in [3.8, 4) is 0 Å². The Morgan fingerprint density at radius 1 is 1.21 bits per heavy atom. The number of amides is 3. The number of halogens is 1. The number of carbonyl (C=O) groups is 3. The number of fused-ring (bicyclic) bond motifs is 1. The van der Waals surface area contributed by atoms with Crippen molar-refractivity contribution in [2.45, 2.75) is 50.4 Å². The molecule has 3 saturated heterocycles. The molecule has 3 unspecified atom stereocenters. The first-order valence-electron chi connectivity index (χ1n) is 13.2. The van der Waals surface area contributed by atoms with Crippen LogP contribution in [0.5, 0.6) is 0 Å². The summed E-state index contributed by atoms with van der Waals surface area (Å²) >= 11 is 6.51. The van der Waals surface area contributed by atoms with E-state index in [2.05, 4.69) is 13.2 Å². The fourth-order valence-corrected chi connectivity index (χ4v) is 7.04. The van der Waals surface area contributed by atoms with Crippen LogP contribution in [0.2, 0.25) is 5.02 Å². The maximum Gasteiger partial charge on any atom is 0.253 e. The van der Waals surface area contributed by atoms with Crippen LogP contribution in [0, 0.1) is 17.8 Å². The summed E-state index contributed by atoms with van der Waals surface area (Å²) in [6, 6.07) is 6.12. The quantitative estimate of drug-likeness (QED) is 0.342. The maximum absolute atomic E-state index is 14.5. The predicted molar refractivity (Wildman–Crippen MR) is 147 cm³/mol. The Bertz CT molecular complexity index is 1130. The monoisotopic (exact) mass is 543 g/mol. The summed E-state index contributed by atoms with van der Waals surface area (Å²) in [5.41, 5.74) is -1.53. The smallest absolute Gasteiger partial charge is 0.253 e. The second-order valence-electron chi connectivity index (χ2n) is 10.9. The molecule has 2 bridgehead atoms. The summed E-state index contributed by atoms with van der Waals surface area (Å²) < 4.78 is 6.79. The van der Waals surface area contributed by atoms with E-state index in [1.165, 1.54) is 0 Å². The minimum atomic E-state index is -1.16. The Morgan fingerprint density at radius 2 is 1.89 bits per heavy atom. The summed E-state index contributed by atoms with van der Waals surface area (Å²) in [4.78, 5) is 47.2. The number of anilines is 1. The average molecular weight is 544 g/mol. The van der Waals surface area contributed by atoms with Gasteiger partial charge in [0, 0.05) is 33.3 Å². The molecule has 206 valence electrons. The zero-order valence-corrected chi connectivity index (χ0v) is 23.2. The third-order valence-electron chi connectivity index (χ3n) is 8.62. The van der Waals surface area contributed by atoms with Crippen molar-refractivity contribution < 1.29 is 24.2 Å². The number of para-hydroxylation sites is 1. The summed E-state index contributed by atoms with van der Waals surface area (Å²) in [5, 5.41) is 9.80. The number of hydrogen-bond acceptors (Lipinski definition) is 5. The molecule has 3 fully saturated rings. The number of nitrogens with zero attached hydrogens (tertiary/aromatic N) is 3. The number of likely N-dealkylation sites (tertiary alicyclic amines) is 1. The number of aliphatic hydroxyl groups is 1. The van der Waals surface area contributed by atoms with E-state index in [4.69, 9.17) is 16.3 Å². The number of unbranched alkanes of at least 4 members (excludes halogenated alkanes) is 1. The molecule has 0 saturated carbocycles. The van der Waals surface area contributed by atoms with E-state index in [0.717, 1.165) is 0 Å². The van der Waals surface area contributed by atoms with Gasteiger partial charge in [-0.2, -0.15) is 0 Å². The van der Waals surface area contributed by atoms with E-state index in [1.54, 1.807) is 58.2 Å². The Balaban J connectivity index is 1.83. The molecule has 38 heavy (non-hydrogen) atoms. The van der Waals surface area contributed by atoms with E-state index in [0.29, 0.717) is 36.5 Å². The third kappa shape index (κ3) is 4.27. The highest BCUT2D eigenvalue weighted by atomic mass is 35.5. The van der Waals surface area contributed by atoms with Crippen LogP contribution in [-0.2, 0) is 19.1 Å². The van der Waals surface area contributed by atoms with Gasteiger partial charge < -0.3 is 24.5 Å². The minimum Gasteiger partial charge on any atom is -0.396 e. The van der Waals surface area contributed by atoms with Crippen LogP contribution < -0.4 is 4.90 Å². The molecule has 3 aliphatic rings. The van der Waals surface area contributed by atoms with Gasteiger partial charge in [-0.05, 0) is 44.2 Å². The van der Waals surface area contributed by atoms with Gasteiger partial charge in [0.25, 0.3) is 5.91 Å². The number of benzene rings is 1. The highest BCUT2D eigenvalue weighted by molar-refractivity contribution is 6.34. The molecule has 9 heteroatoms. The third-order valence-corrected chi connectivity index (χ3v) is 8.94. The lowest BCUT2D eigenvalue weighted by Gasteiger charge is -2.38. The van der Waals surface area contributed by atoms with Crippen molar-refractivity contribution in [3.05, 3.63) is 54.6 Å². The summed E-state index contributed by atoms with van der Waals surface area (Å²) in [7, 11) is 1.70. The number of likely N-dealkylation sites (N-methyl/N-ethyl adjacent to an activating group) is 1. The number of carbonyl (C=O) groups excluding carboxylic acids is 3. The normalized spacial score (nSPS) is 31.3. The second-order valence-corrected chi connectivity index (χ2v) is 11.3. The maximum atomic E-state index is 14.5. The Labute approximate surface area is 229 Å². The van der Waals surface area contributed by atoms with Gasteiger partial charge in [-0.25, -0.2) is 0 Å². The molecule has 3 aliphatic heterocycles. The molecule has 3 amide bonds. The van der Waals surface area contributed by atoms with Crippen molar-refractivity contribution in [2.24, 2.45) is 17.8 Å². The molecule has 6 atom stereocenters. The highest BCUT2D eigenvalue weighted by Gasteiger charge is 2.80. The lowest BCUT2D eigenvalue weighted by Crippen LogP contribution is -2.57. The summed E-state index contributed by atoms with van der Waals surface area (Å²) in [6.45, 7) is 12.3. The first-order chi connectivity index (χ1) is 18.1. The van der Waals surface area contributed by atoms with Gasteiger partial charge in [-0.15, -0.1) is 13.2 Å². The van der Waals surface area contributed by atoms with Crippen molar-refractivity contribution in [2.75, 3.05) is 38.2 Å². The molecule has 1 spiro atoms. The standard InChI is InChI=1S/C29H38ClN3O5/c1-6-14-31(5)25(35)22-23-26(36)33(16-10-11-17-34)24(29(23)18-19(3)28(22,4)38-29)27(37)32(15-7-2)21-13-9-8-12-20(21)30/h6-9,12-13,19,22-24,34H,1-2,10-11,14-18H2,3-5H3/t19?,22-,23-,24?,28+,29?/m0/s1. The molecule has 1 aromatic rings. The molecule has 0 aromatic heterocycles. The molecule has 3 heterocycles. The molecule has 8 nitrogen and oxygen atoms in total. The zero-order valence-electron chi connectivity index (χ0n) is 22.4. The molecule has 1 N–H and O–H groups in total. The molecule has 4 rings (SSSR count). The van der Waals surface area contributed by atoms with Crippen molar-refractivity contribution in [1.29, 1.82) is 0 Å². The van der Waals surface area contributed by atoms with Crippen LogP contribution in [0.25, 0.3) is 0 Å². The van der Waals surface area contributed by atoms with E-state index in [9.17, 15) is 19.5 Å². The van der Waals surface area contributed by atoms with Crippen LogP contribution in [0.4, 0.5) is 5.69 Å². The number of hydrogen-bond donors (Lipinski definition) is 1. The van der Waals surface area contributed by atoms with Gasteiger partial charge >= 0.3 is 0 Å². The van der Waals surface area contributed by atoms with E-state index in [-0.39, 0.29) is 43.3 Å². The lowest BCUT2D eigenvalue weighted by atomic mass is 9.62. The molecule has 1 aromatic carbocycles. The molecule has 0 aliphatic carbocycles. The van der Waals surface area contributed by atoms with Crippen LogP contribution in [-0.4, -0.2) is 83.2 Å². The van der Waals surface area contributed by atoms with E-state index < -0.39 is 29.1 Å². The number of ether oxygens (including phenoxy) is 1. The summed E-state index contributed by atoms with van der Waals surface area (Å²) in [6.07, 6.45) is 4.75. The van der Waals surface area contributed by atoms with Gasteiger partial charge in [-0.3, -0.25) is 14.4 Å². The SMILES string of the molecule is C=CCN(C)C(=O)[C@@H]1[C@H]2C(=O)N(CCCCO)C(C(=O)N(CC=C)c3ccccc3Cl)C23CC(C)[C@@]1(C)O3. The Hall–Kier alpha value is -2.68. The van der Waals surface area contributed by atoms with Crippen LogP contribution >= 0.6 is 11.6 Å². The summed E-state index contributed by atoms with van der Waals surface area (Å²) in [5.74, 6) is -2.32. The van der Waals surface area contributed by atoms with Crippen molar-refractivity contribution in [1.82, 2.24) is 9.80 Å². The minimum absolute atomic E-state index is 0.0174. The average Bonchev–Trinajstić information content (AvgIpc) is 3.39. The van der Waals surface area contributed by atoms with Crippen LogP contribution in [0.1, 0.15) is 33.1 Å². The van der Waals surface area contributed by atoms with Gasteiger partial charge in [0.15, 0.2) is 0 Å². The predicted octanol–water partition coefficient (Wildman–Crippen LogP) is 3.29. The Morgan fingerprint density at radius 3 is 2.53 bits per heavy atom.